The van der Waals surface area contributed by atoms with Gasteiger partial charge in [-0.15, -0.1) is 11.8 Å². The number of hydrogen-bond acceptors (Lipinski definition) is 5. The van der Waals surface area contributed by atoms with E-state index in [1.54, 1.807) is 18.9 Å². The van der Waals surface area contributed by atoms with Crippen molar-refractivity contribution in [1.29, 1.82) is 0 Å². The first-order valence-corrected chi connectivity index (χ1v) is 11.9. The number of carbonyl (C=O) groups is 1. The Bertz CT molecular complexity index is 1160. The second-order valence-corrected chi connectivity index (χ2v) is 9.38. The highest BCUT2D eigenvalue weighted by atomic mass is 32.2. The number of amides is 1. The normalized spacial score (nSPS) is 10.9. The second-order valence-electron chi connectivity index (χ2n) is 7.21. The van der Waals surface area contributed by atoms with Crippen molar-refractivity contribution in [3.05, 3.63) is 83.9 Å². The van der Waals surface area contributed by atoms with Crippen LogP contribution in [0.2, 0.25) is 0 Å². The van der Waals surface area contributed by atoms with E-state index in [4.69, 9.17) is 9.72 Å². The van der Waals surface area contributed by atoms with Crippen LogP contribution in [0.1, 0.15) is 17.5 Å². The van der Waals surface area contributed by atoms with E-state index >= 15 is 0 Å². The third-order valence-electron chi connectivity index (χ3n) is 4.90. The van der Waals surface area contributed by atoms with Crippen LogP contribution in [0.4, 0.5) is 5.13 Å². The van der Waals surface area contributed by atoms with Crippen LogP contribution in [0.25, 0.3) is 10.2 Å². The standard InChI is InChI=1S/C25H24N2O2S2/c1-18-8-11-21(12-9-18)30-15-14-24(28)27(17-19-6-4-3-5-7-19)25-26-22-16-20(29-2)10-13-23(22)31-25/h3-13,16H,14-15,17H2,1-2H3. The van der Waals surface area contributed by atoms with Crippen molar-refractivity contribution >= 4 is 44.4 Å². The highest BCUT2D eigenvalue weighted by molar-refractivity contribution is 7.99. The van der Waals surface area contributed by atoms with Gasteiger partial charge in [0, 0.05) is 23.1 Å². The number of benzene rings is 3. The molecule has 0 bridgehead atoms. The smallest absolute Gasteiger partial charge is 0.229 e. The zero-order chi connectivity index (χ0) is 21.6. The zero-order valence-corrected chi connectivity index (χ0v) is 19.2. The van der Waals surface area contributed by atoms with Gasteiger partial charge >= 0.3 is 0 Å². The molecule has 0 aliphatic heterocycles. The van der Waals surface area contributed by atoms with Gasteiger partial charge < -0.3 is 4.74 Å². The Hall–Kier alpha value is -2.83. The highest BCUT2D eigenvalue weighted by Gasteiger charge is 2.20. The number of aromatic nitrogens is 1. The summed E-state index contributed by atoms with van der Waals surface area (Å²) in [7, 11) is 1.64. The van der Waals surface area contributed by atoms with Crippen LogP contribution < -0.4 is 9.64 Å². The number of thioether (sulfide) groups is 1. The van der Waals surface area contributed by atoms with E-state index in [0.29, 0.717) is 13.0 Å². The lowest BCUT2D eigenvalue weighted by atomic mass is 10.2. The number of aryl methyl sites for hydroxylation is 1. The van der Waals surface area contributed by atoms with Crippen LogP contribution >= 0.6 is 23.1 Å². The molecule has 1 aromatic heterocycles. The molecule has 0 atom stereocenters. The fourth-order valence-electron chi connectivity index (χ4n) is 3.19. The van der Waals surface area contributed by atoms with E-state index in [-0.39, 0.29) is 5.91 Å². The molecule has 1 heterocycles. The fourth-order valence-corrected chi connectivity index (χ4v) is 5.00. The topological polar surface area (TPSA) is 42.4 Å². The Morgan fingerprint density at radius 3 is 2.58 bits per heavy atom. The summed E-state index contributed by atoms with van der Waals surface area (Å²) in [4.78, 5) is 21.0. The van der Waals surface area contributed by atoms with Crippen molar-refractivity contribution in [2.75, 3.05) is 17.8 Å². The number of ether oxygens (including phenoxy) is 1. The van der Waals surface area contributed by atoms with E-state index in [0.717, 1.165) is 32.4 Å². The van der Waals surface area contributed by atoms with Crippen LogP contribution in [0.5, 0.6) is 5.75 Å². The van der Waals surface area contributed by atoms with Crippen LogP contribution in [0.3, 0.4) is 0 Å². The lowest BCUT2D eigenvalue weighted by Gasteiger charge is -2.20. The third-order valence-corrected chi connectivity index (χ3v) is 6.98. The molecule has 0 aliphatic rings. The van der Waals surface area contributed by atoms with Gasteiger partial charge in [-0.2, -0.15) is 0 Å². The van der Waals surface area contributed by atoms with Crippen LogP contribution in [-0.4, -0.2) is 23.8 Å². The Kier molecular flexibility index (Phi) is 6.89. The number of nitrogens with zero attached hydrogens (tertiary/aromatic N) is 2. The molecule has 1 amide bonds. The number of carbonyl (C=O) groups excluding carboxylic acids is 1. The van der Waals surface area contributed by atoms with Crippen LogP contribution in [0.15, 0.2) is 77.7 Å². The first-order valence-electron chi connectivity index (χ1n) is 10.1. The lowest BCUT2D eigenvalue weighted by molar-refractivity contribution is -0.118. The zero-order valence-electron chi connectivity index (χ0n) is 17.6. The molecule has 0 aliphatic carbocycles. The molecule has 0 N–H and O–H groups in total. The third kappa shape index (κ3) is 5.46. The molecule has 0 spiro atoms. The fraction of sp³-hybridized carbons (Fsp3) is 0.200. The Labute approximate surface area is 190 Å². The van der Waals surface area contributed by atoms with E-state index < -0.39 is 0 Å². The molecule has 0 fully saturated rings. The van der Waals surface area contributed by atoms with Crippen molar-refractivity contribution in [2.45, 2.75) is 24.8 Å². The summed E-state index contributed by atoms with van der Waals surface area (Å²) in [5, 5.41) is 0.720. The molecular weight excluding hydrogens is 424 g/mol. The Morgan fingerprint density at radius 2 is 1.84 bits per heavy atom. The second kappa shape index (κ2) is 9.98. The molecule has 158 valence electrons. The number of thiazole rings is 1. The molecule has 4 aromatic rings. The Morgan fingerprint density at radius 1 is 1.06 bits per heavy atom. The molecular formula is C25H24N2O2S2. The average Bonchev–Trinajstić information content (AvgIpc) is 3.22. The summed E-state index contributed by atoms with van der Waals surface area (Å²) in [5.74, 6) is 1.57. The molecule has 6 heteroatoms. The Balaban J connectivity index is 1.53. The van der Waals surface area contributed by atoms with Gasteiger partial charge in [0.25, 0.3) is 0 Å². The minimum Gasteiger partial charge on any atom is -0.497 e. The van der Waals surface area contributed by atoms with Crippen molar-refractivity contribution < 1.29 is 9.53 Å². The van der Waals surface area contributed by atoms with Gasteiger partial charge in [-0.1, -0.05) is 59.4 Å². The molecule has 0 saturated carbocycles. The van der Waals surface area contributed by atoms with E-state index in [2.05, 4.69) is 31.2 Å². The van der Waals surface area contributed by atoms with Gasteiger partial charge in [-0.3, -0.25) is 9.69 Å². The first-order chi connectivity index (χ1) is 15.1. The quantitative estimate of drug-likeness (QED) is 0.295. The van der Waals surface area contributed by atoms with Gasteiger partial charge in [0.1, 0.15) is 5.75 Å². The van der Waals surface area contributed by atoms with Gasteiger partial charge in [-0.05, 0) is 36.8 Å². The minimum absolute atomic E-state index is 0.0782. The number of rotatable bonds is 8. The van der Waals surface area contributed by atoms with Crippen molar-refractivity contribution in [3.8, 4) is 5.75 Å². The molecule has 31 heavy (non-hydrogen) atoms. The molecule has 0 saturated heterocycles. The number of fused-ring (bicyclic) bond motifs is 1. The van der Waals surface area contributed by atoms with Crippen molar-refractivity contribution in [1.82, 2.24) is 4.98 Å². The van der Waals surface area contributed by atoms with Gasteiger partial charge in [0.15, 0.2) is 5.13 Å². The molecule has 0 unspecified atom stereocenters. The summed E-state index contributed by atoms with van der Waals surface area (Å²) in [6.45, 7) is 2.58. The summed E-state index contributed by atoms with van der Waals surface area (Å²) < 4.78 is 6.36. The highest BCUT2D eigenvalue weighted by Crippen LogP contribution is 2.32. The van der Waals surface area contributed by atoms with E-state index in [1.807, 2.05) is 53.4 Å². The average molecular weight is 449 g/mol. The SMILES string of the molecule is COc1ccc2sc(N(Cc3ccccc3)C(=O)CCSc3ccc(C)cc3)nc2c1. The predicted octanol–water partition coefficient (Wildman–Crippen LogP) is 6.33. The maximum Gasteiger partial charge on any atom is 0.229 e. The number of hydrogen-bond donors (Lipinski definition) is 0. The number of methoxy groups -OCH3 is 1. The van der Waals surface area contributed by atoms with E-state index in [9.17, 15) is 4.79 Å². The summed E-state index contributed by atoms with van der Waals surface area (Å²) in [6.07, 6.45) is 0.449. The first kappa shape index (κ1) is 21.4. The van der Waals surface area contributed by atoms with Crippen molar-refractivity contribution in [2.24, 2.45) is 0 Å². The molecule has 4 rings (SSSR count). The monoisotopic (exact) mass is 448 g/mol. The summed E-state index contributed by atoms with van der Waals surface area (Å²) in [5.41, 5.74) is 3.17. The van der Waals surface area contributed by atoms with Crippen LogP contribution in [-0.2, 0) is 11.3 Å². The molecule has 3 aromatic carbocycles. The summed E-state index contributed by atoms with van der Waals surface area (Å²) in [6, 6.07) is 24.3. The summed E-state index contributed by atoms with van der Waals surface area (Å²) >= 11 is 3.24. The van der Waals surface area contributed by atoms with Gasteiger partial charge in [-0.25, -0.2) is 4.98 Å². The number of anilines is 1. The predicted molar refractivity (Wildman–Crippen MR) is 130 cm³/mol. The van der Waals surface area contributed by atoms with E-state index in [1.165, 1.54) is 21.8 Å². The molecule has 0 radical (unpaired) electrons. The maximum atomic E-state index is 13.2. The maximum absolute atomic E-state index is 13.2. The largest absolute Gasteiger partial charge is 0.497 e. The van der Waals surface area contributed by atoms with Crippen molar-refractivity contribution in [3.63, 3.8) is 0 Å². The molecule has 4 nitrogen and oxygen atoms in total. The van der Waals surface area contributed by atoms with Crippen LogP contribution in [0, 0.1) is 6.92 Å². The minimum atomic E-state index is 0.0782. The van der Waals surface area contributed by atoms with Gasteiger partial charge in [0.2, 0.25) is 5.91 Å². The van der Waals surface area contributed by atoms with Gasteiger partial charge in [0.05, 0.1) is 23.9 Å². The lowest BCUT2D eigenvalue weighted by Crippen LogP contribution is -2.30.